The summed E-state index contributed by atoms with van der Waals surface area (Å²) in [7, 11) is 0. The Morgan fingerprint density at radius 1 is 1.25 bits per heavy atom. The summed E-state index contributed by atoms with van der Waals surface area (Å²) < 4.78 is 36.8. The van der Waals surface area contributed by atoms with Gasteiger partial charge in [-0.1, -0.05) is 0 Å². The Balaban J connectivity index is 2.65. The fourth-order valence-corrected chi connectivity index (χ4v) is 1.91. The van der Waals surface area contributed by atoms with Crippen molar-refractivity contribution in [3.8, 4) is 0 Å². The Bertz CT molecular complexity index is 321. The van der Waals surface area contributed by atoms with E-state index in [2.05, 4.69) is 5.32 Å². The smallest absolute Gasteiger partial charge is 0.382 e. The van der Waals surface area contributed by atoms with Crippen molar-refractivity contribution < 1.29 is 13.2 Å². The highest BCUT2D eigenvalue weighted by atomic mass is 32.2. The lowest BCUT2D eigenvalue weighted by molar-refractivity contribution is -0.137. The minimum Gasteiger partial charge on any atom is -0.382 e. The molecular weight excluding hydrogens is 235 g/mol. The summed E-state index contributed by atoms with van der Waals surface area (Å²) in [4.78, 5) is 0. The van der Waals surface area contributed by atoms with Gasteiger partial charge in [0.1, 0.15) is 0 Å². The number of benzene rings is 1. The number of rotatable bonds is 4. The van der Waals surface area contributed by atoms with E-state index in [0.29, 0.717) is 0 Å². The second kappa shape index (κ2) is 5.48. The summed E-state index contributed by atoms with van der Waals surface area (Å²) in [6.07, 6.45) is -2.27. The minimum absolute atomic E-state index is 0.242. The molecule has 0 spiro atoms. The van der Waals surface area contributed by atoms with Gasteiger partial charge in [0.25, 0.3) is 0 Å². The third-order valence-electron chi connectivity index (χ3n) is 2.04. The Labute approximate surface area is 97.4 Å². The van der Waals surface area contributed by atoms with Crippen LogP contribution in [0.1, 0.15) is 12.5 Å². The highest BCUT2D eigenvalue weighted by molar-refractivity contribution is 7.98. The van der Waals surface area contributed by atoms with E-state index in [1.54, 1.807) is 11.8 Å². The Kier molecular flexibility index (Phi) is 4.53. The number of hydrogen-bond donors (Lipinski definition) is 1. The highest BCUT2D eigenvalue weighted by Crippen LogP contribution is 2.29. The fourth-order valence-electron chi connectivity index (χ4n) is 1.33. The topological polar surface area (TPSA) is 12.0 Å². The maximum absolute atomic E-state index is 12.3. The van der Waals surface area contributed by atoms with Gasteiger partial charge in [0.2, 0.25) is 0 Å². The number of thioether (sulfide) groups is 1. The van der Waals surface area contributed by atoms with Gasteiger partial charge in [-0.15, -0.1) is 0 Å². The molecule has 0 amide bonds. The molecule has 0 radical (unpaired) electrons. The van der Waals surface area contributed by atoms with E-state index in [-0.39, 0.29) is 6.04 Å². The molecule has 1 atom stereocenters. The molecule has 1 aromatic rings. The van der Waals surface area contributed by atoms with Crippen LogP contribution < -0.4 is 5.32 Å². The first-order valence-electron chi connectivity index (χ1n) is 4.86. The van der Waals surface area contributed by atoms with Crippen molar-refractivity contribution in [2.24, 2.45) is 0 Å². The van der Waals surface area contributed by atoms with Crippen LogP contribution in [0.3, 0.4) is 0 Å². The molecule has 1 nitrogen and oxygen atoms in total. The Morgan fingerprint density at radius 2 is 1.81 bits per heavy atom. The SMILES string of the molecule is CSCC(C)Nc1ccc(C(F)(F)F)cc1. The largest absolute Gasteiger partial charge is 0.416 e. The standard InChI is InChI=1S/C11H14F3NS/c1-8(7-16-2)15-10-5-3-9(4-6-10)11(12,13)14/h3-6,8,15H,7H2,1-2H3. The number of anilines is 1. The third-order valence-corrected chi connectivity index (χ3v) is 2.88. The van der Waals surface area contributed by atoms with E-state index in [4.69, 9.17) is 0 Å². The quantitative estimate of drug-likeness (QED) is 0.869. The molecule has 0 heterocycles. The van der Waals surface area contributed by atoms with Gasteiger partial charge >= 0.3 is 6.18 Å². The van der Waals surface area contributed by atoms with E-state index >= 15 is 0 Å². The van der Waals surface area contributed by atoms with Crippen LogP contribution >= 0.6 is 11.8 Å². The molecule has 0 aromatic heterocycles. The van der Waals surface area contributed by atoms with Crippen LogP contribution in [-0.2, 0) is 6.18 Å². The summed E-state index contributed by atoms with van der Waals surface area (Å²) in [6.45, 7) is 1.99. The van der Waals surface area contributed by atoms with Crippen molar-refractivity contribution in [2.75, 3.05) is 17.3 Å². The van der Waals surface area contributed by atoms with Crippen LogP contribution in [0, 0.1) is 0 Å². The molecular formula is C11H14F3NS. The molecule has 0 saturated heterocycles. The van der Waals surface area contributed by atoms with Gasteiger partial charge in [-0.2, -0.15) is 24.9 Å². The zero-order chi connectivity index (χ0) is 12.2. The predicted octanol–water partition coefficient (Wildman–Crippen LogP) is 3.87. The molecule has 90 valence electrons. The molecule has 0 saturated carbocycles. The van der Waals surface area contributed by atoms with E-state index < -0.39 is 11.7 Å². The van der Waals surface area contributed by atoms with Crippen molar-refractivity contribution in [3.63, 3.8) is 0 Å². The first-order chi connectivity index (χ1) is 7.43. The van der Waals surface area contributed by atoms with Gasteiger partial charge in [-0.05, 0) is 37.4 Å². The molecule has 0 bridgehead atoms. The average molecular weight is 249 g/mol. The molecule has 0 aliphatic rings. The van der Waals surface area contributed by atoms with E-state index in [0.717, 1.165) is 23.6 Å². The average Bonchev–Trinajstić information content (AvgIpc) is 2.17. The molecule has 1 aromatic carbocycles. The van der Waals surface area contributed by atoms with E-state index in [9.17, 15) is 13.2 Å². The third kappa shape index (κ3) is 3.96. The summed E-state index contributed by atoms with van der Waals surface area (Å²) in [5.74, 6) is 0.918. The number of nitrogens with one attached hydrogen (secondary N) is 1. The van der Waals surface area contributed by atoms with E-state index in [1.807, 2.05) is 13.2 Å². The lowest BCUT2D eigenvalue weighted by Gasteiger charge is -2.14. The first-order valence-corrected chi connectivity index (χ1v) is 6.25. The van der Waals surface area contributed by atoms with Gasteiger partial charge in [0, 0.05) is 17.5 Å². The fraction of sp³-hybridized carbons (Fsp3) is 0.455. The predicted molar refractivity (Wildman–Crippen MR) is 62.9 cm³/mol. The van der Waals surface area contributed by atoms with Crippen molar-refractivity contribution in [3.05, 3.63) is 29.8 Å². The summed E-state index contributed by atoms with van der Waals surface area (Å²) >= 11 is 1.69. The minimum atomic E-state index is -4.26. The monoisotopic (exact) mass is 249 g/mol. The molecule has 1 rings (SSSR count). The number of halogens is 3. The lowest BCUT2D eigenvalue weighted by atomic mass is 10.2. The summed E-state index contributed by atoms with van der Waals surface area (Å²) in [5, 5.41) is 3.13. The van der Waals surface area contributed by atoms with Gasteiger partial charge in [-0.25, -0.2) is 0 Å². The molecule has 0 fully saturated rings. The van der Waals surface area contributed by atoms with Crippen molar-refractivity contribution in [2.45, 2.75) is 19.1 Å². The summed E-state index contributed by atoms with van der Waals surface area (Å²) in [6, 6.07) is 5.34. The van der Waals surface area contributed by atoms with Gasteiger partial charge in [0.05, 0.1) is 5.56 Å². The first kappa shape index (κ1) is 13.2. The summed E-state index contributed by atoms with van der Waals surface area (Å²) in [5.41, 5.74) is 0.102. The van der Waals surface area contributed by atoms with Gasteiger partial charge in [-0.3, -0.25) is 0 Å². The molecule has 1 unspecified atom stereocenters. The van der Waals surface area contributed by atoms with Gasteiger partial charge < -0.3 is 5.32 Å². The van der Waals surface area contributed by atoms with Crippen LogP contribution in [0.15, 0.2) is 24.3 Å². The van der Waals surface area contributed by atoms with Gasteiger partial charge in [0.15, 0.2) is 0 Å². The Hall–Kier alpha value is -0.840. The second-order valence-corrected chi connectivity index (χ2v) is 4.49. The molecule has 0 aliphatic heterocycles. The normalized spacial score (nSPS) is 13.6. The van der Waals surface area contributed by atoms with E-state index in [1.165, 1.54) is 12.1 Å². The zero-order valence-corrected chi connectivity index (χ0v) is 9.95. The van der Waals surface area contributed by atoms with Crippen LogP contribution in [0.5, 0.6) is 0 Å². The van der Waals surface area contributed by atoms with Crippen molar-refractivity contribution in [1.82, 2.24) is 0 Å². The Morgan fingerprint density at radius 3 is 2.25 bits per heavy atom. The highest BCUT2D eigenvalue weighted by Gasteiger charge is 2.29. The van der Waals surface area contributed by atoms with Crippen molar-refractivity contribution in [1.29, 1.82) is 0 Å². The number of alkyl halides is 3. The maximum atomic E-state index is 12.3. The zero-order valence-electron chi connectivity index (χ0n) is 9.14. The van der Waals surface area contributed by atoms with Crippen LogP contribution in [-0.4, -0.2) is 18.1 Å². The van der Waals surface area contributed by atoms with Crippen LogP contribution in [0.2, 0.25) is 0 Å². The molecule has 5 heteroatoms. The number of hydrogen-bond acceptors (Lipinski definition) is 2. The molecule has 1 N–H and O–H groups in total. The van der Waals surface area contributed by atoms with Crippen molar-refractivity contribution >= 4 is 17.4 Å². The lowest BCUT2D eigenvalue weighted by Crippen LogP contribution is -2.17. The van der Waals surface area contributed by atoms with Crippen LogP contribution in [0.4, 0.5) is 18.9 Å². The maximum Gasteiger partial charge on any atom is 0.416 e. The molecule has 0 aliphatic carbocycles. The van der Waals surface area contributed by atoms with Crippen LogP contribution in [0.25, 0.3) is 0 Å². The molecule has 16 heavy (non-hydrogen) atoms. The second-order valence-electron chi connectivity index (χ2n) is 3.58.